The summed E-state index contributed by atoms with van der Waals surface area (Å²) in [5.41, 5.74) is 3.29. The van der Waals surface area contributed by atoms with E-state index in [4.69, 9.17) is 11.6 Å². The Kier molecular flexibility index (Phi) is 5.71. The largest absolute Gasteiger partial charge is 0.310 e. The van der Waals surface area contributed by atoms with Gasteiger partial charge in [0, 0.05) is 23.5 Å². The Morgan fingerprint density at radius 2 is 2.14 bits per heavy atom. The minimum Gasteiger partial charge on any atom is -0.310 e. The van der Waals surface area contributed by atoms with Crippen LogP contribution in [0.1, 0.15) is 36.1 Å². The average molecular weight is 307 g/mol. The Morgan fingerprint density at radius 1 is 1.33 bits per heavy atom. The van der Waals surface area contributed by atoms with Gasteiger partial charge in [0.25, 0.3) is 0 Å². The second-order valence-electron chi connectivity index (χ2n) is 5.18. The van der Waals surface area contributed by atoms with Crippen molar-refractivity contribution >= 4 is 11.6 Å². The summed E-state index contributed by atoms with van der Waals surface area (Å²) in [6, 6.07) is 6.70. The molecule has 0 fully saturated rings. The smallest absolute Gasteiger partial charge is 0.124 e. The van der Waals surface area contributed by atoms with E-state index < -0.39 is 0 Å². The van der Waals surface area contributed by atoms with Crippen molar-refractivity contribution in [3.8, 4) is 0 Å². The Bertz CT molecular complexity index is 601. The highest BCUT2D eigenvalue weighted by atomic mass is 35.5. The molecule has 4 heteroatoms. The first-order valence-electron chi connectivity index (χ1n) is 7.19. The molecule has 1 aromatic carbocycles. The van der Waals surface area contributed by atoms with E-state index >= 15 is 0 Å². The van der Waals surface area contributed by atoms with Crippen LogP contribution in [0.2, 0.25) is 5.02 Å². The maximum Gasteiger partial charge on any atom is 0.124 e. The number of hydrogen-bond donors (Lipinski definition) is 1. The maximum absolute atomic E-state index is 13.2. The Labute approximate surface area is 130 Å². The number of benzene rings is 1. The summed E-state index contributed by atoms with van der Waals surface area (Å²) in [4.78, 5) is 4.22. The van der Waals surface area contributed by atoms with E-state index in [-0.39, 0.29) is 11.9 Å². The topological polar surface area (TPSA) is 24.9 Å². The van der Waals surface area contributed by atoms with Crippen LogP contribution in [0.3, 0.4) is 0 Å². The lowest BCUT2D eigenvalue weighted by atomic mass is 9.97. The summed E-state index contributed by atoms with van der Waals surface area (Å²) in [5.74, 6) is -0.306. The molecule has 0 aliphatic carbocycles. The predicted molar refractivity (Wildman–Crippen MR) is 85.1 cm³/mol. The molecule has 1 unspecified atom stereocenters. The highest BCUT2D eigenvalue weighted by molar-refractivity contribution is 6.31. The second-order valence-corrected chi connectivity index (χ2v) is 5.59. The van der Waals surface area contributed by atoms with Crippen LogP contribution in [0.15, 0.2) is 36.7 Å². The Balaban J connectivity index is 2.26. The van der Waals surface area contributed by atoms with Crippen LogP contribution in [0.25, 0.3) is 0 Å². The minimum atomic E-state index is -0.306. The molecule has 0 amide bonds. The van der Waals surface area contributed by atoms with E-state index in [9.17, 15) is 4.39 Å². The van der Waals surface area contributed by atoms with Crippen molar-refractivity contribution in [3.05, 3.63) is 64.2 Å². The van der Waals surface area contributed by atoms with Crippen LogP contribution >= 0.6 is 11.6 Å². The fraction of sp³-hybridized carbons (Fsp3) is 0.353. The van der Waals surface area contributed by atoms with E-state index in [1.54, 1.807) is 12.3 Å². The molecule has 2 rings (SSSR count). The monoisotopic (exact) mass is 306 g/mol. The first-order chi connectivity index (χ1) is 10.1. The van der Waals surface area contributed by atoms with Crippen molar-refractivity contribution in [2.75, 3.05) is 6.54 Å². The molecule has 0 spiro atoms. The van der Waals surface area contributed by atoms with Crippen molar-refractivity contribution in [1.82, 2.24) is 10.3 Å². The summed E-state index contributed by atoms with van der Waals surface area (Å²) in [6.07, 6.45) is 5.44. The molecule has 0 radical (unpaired) electrons. The van der Waals surface area contributed by atoms with Gasteiger partial charge in [-0.1, -0.05) is 24.6 Å². The van der Waals surface area contributed by atoms with Crippen molar-refractivity contribution in [2.24, 2.45) is 0 Å². The number of hydrogen-bond acceptors (Lipinski definition) is 2. The third-order valence-corrected chi connectivity index (χ3v) is 3.89. The Morgan fingerprint density at radius 3 is 2.81 bits per heavy atom. The number of pyridine rings is 1. The van der Waals surface area contributed by atoms with Crippen LogP contribution in [0.4, 0.5) is 4.39 Å². The van der Waals surface area contributed by atoms with Gasteiger partial charge in [0.15, 0.2) is 0 Å². The van der Waals surface area contributed by atoms with Crippen molar-refractivity contribution < 1.29 is 4.39 Å². The lowest BCUT2D eigenvalue weighted by Crippen LogP contribution is -2.25. The molecular weight excluding hydrogens is 287 g/mol. The first-order valence-corrected chi connectivity index (χ1v) is 7.57. The third kappa shape index (κ3) is 4.26. The van der Waals surface area contributed by atoms with Gasteiger partial charge < -0.3 is 5.32 Å². The fourth-order valence-electron chi connectivity index (χ4n) is 2.36. The van der Waals surface area contributed by atoms with Gasteiger partial charge in [-0.3, -0.25) is 4.98 Å². The van der Waals surface area contributed by atoms with Gasteiger partial charge >= 0.3 is 0 Å². The molecule has 1 N–H and O–H groups in total. The third-order valence-electron chi connectivity index (χ3n) is 3.53. The number of nitrogens with zero attached hydrogens (tertiary/aromatic N) is 1. The van der Waals surface area contributed by atoms with E-state index in [0.29, 0.717) is 11.4 Å². The molecule has 0 aliphatic rings. The van der Waals surface area contributed by atoms with E-state index in [1.807, 2.05) is 12.3 Å². The Hall–Kier alpha value is -1.45. The quantitative estimate of drug-likeness (QED) is 0.852. The fourth-order valence-corrected chi connectivity index (χ4v) is 2.60. The summed E-state index contributed by atoms with van der Waals surface area (Å²) < 4.78 is 13.2. The molecule has 1 atom stereocenters. The zero-order valence-corrected chi connectivity index (χ0v) is 13.1. The zero-order chi connectivity index (χ0) is 15.2. The SMILES string of the molecule is CCCNC(Cc1ccc(F)cc1Cl)c1cnccc1C. The molecule has 1 aromatic heterocycles. The van der Waals surface area contributed by atoms with Crippen LogP contribution in [0, 0.1) is 12.7 Å². The van der Waals surface area contributed by atoms with Gasteiger partial charge in [-0.15, -0.1) is 0 Å². The molecule has 112 valence electrons. The van der Waals surface area contributed by atoms with Gasteiger partial charge in [0.05, 0.1) is 0 Å². The maximum atomic E-state index is 13.2. The number of aryl methyl sites for hydroxylation is 1. The highest BCUT2D eigenvalue weighted by Gasteiger charge is 2.15. The second kappa shape index (κ2) is 7.53. The van der Waals surface area contributed by atoms with Crippen LogP contribution < -0.4 is 5.32 Å². The standard InChI is InChI=1S/C17H20ClFN2/c1-3-7-21-17(15-11-20-8-6-12(15)2)9-13-4-5-14(19)10-16(13)18/h4-6,8,10-11,17,21H,3,7,9H2,1-2H3. The number of rotatable bonds is 6. The molecule has 21 heavy (non-hydrogen) atoms. The summed E-state index contributed by atoms with van der Waals surface area (Å²) in [5, 5.41) is 4.00. The number of aromatic nitrogens is 1. The lowest BCUT2D eigenvalue weighted by Gasteiger charge is -2.21. The molecule has 2 aromatic rings. The van der Waals surface area contributed by atoms with Crippen molar-refractivity contribution in [2.45, 2.75) is 32.7 Å². The number of nitrogens with one attached hydrogen (secondary N) is 1. The summed E-state index contributed by atoms with van der Waals surface area (Å²) in [7, 11) is 0. The van der Waals surface area contributed by atoms with Gasteiger partial charge in [0.1, 0.15) is 5.82 Å². The zero-order valence-electron chi connectivity index (χ0n) is 12.4. The number of halogens is 2. The average Bonchev–Trinajstić information content (AvgIpc) is 2.46. The van der Waals surface area contributed by atoms with E-state index in [0.717, 1.165) is 24.1 Å². The van der Waals surface area contributed by atoms with Crippen LogP contribution in [-0.4, -0.2) is 11.5 Å². The van der Waals surface area contributed by atoms with Crippen LogP contribution in [0.5, 0.6) is 0 Å². The lowest BCUT2D eigenvalue weighted by molar-refractivity contribution is 0.525. The van der Waals surface area contributed by atoms with E-state index in [2.05, 4.69) is 24.1 Å². The molecule has 2 nitrogen and oxygen atoms in total. The molecule has 0 saturated heterocycles. The minimum absolute atomic E-state index is 0.126. The normalized spacial score (nSPS) is 12.4. The van der Waals surface area contributed by atoms with Gasteiger partial charge in [-0.2, -0.15) is 0 Å². The van der Waals surface area contributed by atoms with Gasteiger partial charge in [0.2, 0.25) is 0 Å². The highest BCUT2D eigenvalue weighted by Crippen LogP contribution is 2.25. The summed E-state index contributed by atoms with van der Waals surface area (Å²) >= 11 is 6.15. The van der Waals surface area contributed by atoms with Gasteiger partial charge in [-0.05, 0) is 61.2 Å². The van der Waals surface area contributed by atoms with Gasteiger partial charge in [-0.25, -0.2) is 4.39 Å². The summed E-state index contributed by atoms with van der Waals surface area (Å²) in [6.45, 7) is 5.12. The van der Waals surface area contributed by atoms with E-state index in [1.165, 1.54) is 17.7 Å². The molecular formula is C17H20ClFN2. The van der Waals surface area contributed by atoms with Crippen molar-refractivity contribution in [1.29, 1.82) is 0 Å². The predicted octanol–water partition coefficient (Wildman–Crippen LogP) is 4.47. The molecule has 1 heterocycles. The molecule has 0 aliphatic heterocycles. The molecule has 0 bridgehead atoms. The molecule has 0 saturated carbocycles. The van der Waals surface area contributed by atoms with Crippen LogP contribution in [-0.2, 0) is 6.42 Å². The first kappa shape index (κ1) is 15.9. The van der Waals surface area contributed by atoms with Crippen molar-refractivity contribution in [3.63, 3.8) is 0 Å².